The summed E-state index contributed by atoms with van der Waals surface area (Å²) in [7, 11) is 0. The van der Waals surface area contributed by atoms with Crippen LogP contribution in [0.5, 0.6) is 5.75 Å². The molecule has 0 saturated carbocycles. The van der Waals surface area contributed by atoms with Crippen LogP contribution in [0.1, 0.15) is 16.1 Å². The summed E-state index contributed by atoms with van der Waals surface area (Å²) in [5.74, 6) is -0.314. The second-order valence-corrected chi connectivity index (χ2v) is 8.44. The zero-order valence-corrected chi connectivity index (χ0v) is 17.9. The van der Waals surface area contributed by atoms with Crippen molar-refractivity contribution in [2.75, 3.05) is 5.32 Å². The average molecular weight is 455 g/mol. The molecule has 2 aromatic heterocycles. The van der Waals surface area contributed by atoms with Gasteiger partial charge in [-0.15, -0.1) is 22.7 Å². The number of thiophene rings is 1. The Hall–Kier alpha value is -3.00. The Kier molecular flexibility index (Phi) is 6.23. The number of benzene rings is 2. The van der Waals surface area contributed by atoms with Crippen molar-refractivity contribution in [3.8, 4) is 15.6 Å². The normalized spacial score (nSPS) is 10.6. The van der Waals surface area contributed by atoms with Gasteiger partial charge in [0.1, 0.15) is 10.8 Å². The molecule has 0 radical (unpaired) electrons. The Morgan fingerprint density at radius 3 is 2.53 bits per heavy atom. The summed E-state index contributed by atoms with van der Waals surface area (Å²) in [6.45, 7) is 0. The van der Waals surface area contributed by atoms with Crippen molar-refractivity contribution < 1.29 is 14.3 Å². The van der Waals surface area contributed by atoms with Crippen LogP contribution in [0.3, 0.4) is 0 Å². The number of hydrogen-bond acceptors (Lipinski definition) is 6. The molecule has 4 rings (SSSR count). The van der Waals surface area contributed by atoms with E-state index in [1.54, 1.807) is 59.9 Å². The molecule has 5 nitrogen and oxygen atoms in total. The number of thiazole rings is 1. The number of amides is 1. The van der Waals surface area contributed by atoms with E-state index in [0.717, 1.165) is 9.88 Å². The minimum atomic E-state index is -0.397. The van der Waals surface area contributed by atoms with E-state index in [9.17, 15) is 9.59 Å². The van der Waals surface area contributed by atoms with Crippen molar-refractivity contribution in [1.82, 2.24) is 4.98 Å². The maximum Gasteiger partial charge on any atom is 0.317 e. The van der Waals surface area contributed by atoms with Crippen molar-refractivity contribution >= 4 is 51.8 Å². The molecule has 0 spiro atoms. The number of ether oxygens (including phenoxy) is 1. The molecular weight excluding hydrogens is 440 g/mol. The van der Waals surface area contributed by atoms with Crippen LogP contribution < -0.4 is 10.1 Å². The molecule has 0 unspecified atom stereocenters. The van der Waals surface area contributed by atoms with E-state index in [-0.39, 0.29) is 12.3 Å². The smallest absolute Gasteiger partial charge is 0.317 e. The van der Waals surface area contributed by atoms with Gasteiger partial charge in [0, 0.05) is 11.1 Å². The quantitative estimate of drug-likeness (QED) is 0.290. The zero-order valence-electron chi connectivity index (χ0n) is 15.5. The highest BCUT2D eigenvalue weighted by molar-refractivity contribution is 7.20. The van der Waals surface area contributed by atoms with E-state index >= 15 is 0 Å². The van der Waals surface area contributed by atoms with Gasteiger partial charge in [-0.1, -0.05) is 29.8 Å². The second kappa shape index (κ2) is 9.21. The number of aromatic nitrogens is 1. The summed E-state index contributed by atoms with van der Waals surface area (Å²) in [5.41, 5.74) is 1.64. The Morgan fingerprint density at radius 1 is 1.00 bits per heavy atom. The summed E-state index contributed by atoms with van der Waals surface area (Å²) in [5, 5.41) is 7.89. The van der Waals surface area contributed by atoms with Crippen LogP contribution >= 0.6 is 34.3 Å². The maximum absolute atomic E-state index is 12.3. The number of anilines is 1. The van der Waals surface area contributed by atoms with E-state index < -0.39 is 5.97 Å². The number of nitrogens with zero attached hydrogens (tertiary/aromatic N) is 1. The van der Waals surface area contributed by atoms with Gasteiger partial charge in [-0.2, -0.15) is 0 Å². The van der Waals surface area contributed by atoms with Crippen molar-refractivity contribution in [1.29, 1.82) is 0 Å². The predicted molar refractivity (Wildman–Crippen MR) is 121 cm³/mol. The minimum Gasteiger partial charge on any atom is -0.426 e. The third-order valence-corrected chi connectivity index (χ3v) is 6.33. The van der Waals surface area contributed by atoms with Crippen LogP contribution in [-0.4, -0.2) is 16.9 Å². The largest absolute Gasteiger partial charge is 0.426 e. The fourth-order valence-corrected chi connectivity index (χ4v) is 4.52. The molecule has 0 saturated heterocycles. The molecule has 2 heterocycles. The molecule has 1 amide bonds. The van der Waals surface area contributed by atoms with Crippen LogP contribution in [0.4, 0.5) is 5.69 Å². The first kappa shape index (κ1) is 20.3. The molecule has 0 aliphatic carbocycles. The topological polar surface area (TPSA) is 68.3 Å². The maximum atomic E-state index is 12.3. The van der Waals surface area contributed by atoms with E-state index in [4.69, 9.17) is 16.3 Å². The SMILES string of the molecule is O=C(Cc1csc(-c2cccs2)n1)Oc1ccc(NC(=O)c2ccccc2Cl)cc1. The molecule has 0 bridgehead atoms. The van der Waals surface area contributed by atoms with Gasteiger partial charge in [0.15, 0.2) is 0 Å². The summed E-state index contributed by atoms with van der Waals surface area (Å²) in [6, 6.07) is 17.3. The van der Waals surface area contributed by atoms with Crippen molar-refractivity contribution in [3.63, 3.8) is 0 Å². The fourth-order valence-electron chi connectivity index (χ4n) is 2.67. The molecule has 8 heteroatoms. The van der Waals surface area contributed by atoms with Crippen molar-refractivity contribution in [2.24, 2.45) is 0 Å². The average Bonchev–Trinajstić information content (AvgIpc) is 3.41. The summed E-state index contributed by atoms with van der Waals surface area (Å²) >= 11 is 9.16. The Labute approximate surface area is 185 Å². The third kappa shape index (κ3) is 4.94. The summed E-state index contributed by atoms with van der Waals surface area (Å²) in [4.78, 5) is 30.1. The highest BCUT2D eigenvalue weighted by atomic mass is 35.5. The number of carbonyl (C=O) groups is 2. The molecule has 2 aromatic carbocycles. The van der Waals surface area contributed by atoms with Gasteiger partial charge < -0.3 is 10.1 Å². The van der Waals surface area contributed by atoms with Gasteiger partial charge in [0.25, 0.3) is 5.91 Å². The van der Waals surface area contributed by atoms with E-state index in [1.807, 2.05) is 22.9 Å². The molecule has 1 N–H and O–H groups in total. The van der Waals surface area contributed by atoms with Gasteiger partial charge in [-0.05, 0) is 47.8 Å². The number of halogens is 1. The monoisotopic (exact) mass is 454 g/mol. The van der Waals surface area contributed by atoms with E-state index in [0.29, 0.717) is 27.7 Å². The first-order valence-corrected chi connectivity index (χ1v) is 11.1. The molecule has 0 atom stereocenters. The van der Waals surface area contributed by atoms with Crippen LogP contribution in [0.2, 0.25) is 5.02 Å². The number of nitrogens with one attached hydrogen (secondary N) is 1. The van der Waals surface area contributed by atoms with Crippen molar-refractivity contribution in [3.05, 3.63) is 87.7 Å². The molecular formula is C22H15ClN2O3S2. The lowest BCUT2D eigenvalue weighted by Crippen LogP contribution is -2.13. The molecule has 4 aromatic rings. The molecule has 150 valence electrons. The van der Waals surface area contributed by atoms with Gasteiger partial charge in [0.2, 0.25) is 0 Å². The zero-order chi connectivity index (χ0) is 20.9. The second-order valence-electron chi connectivity index (χ2n) is 6.23. The lowest BCUT2D eigenvalue weighted by Gasteiger charge is -2.08. The van der Waals surface area contributed by atoms with Gasteiger partial charge in [0.05, 0.1) is 27.6 Å². The number of rotatable bonds is 6. The Morgan fingerprint density at radius 2 is 1.80 bits per heavy atom. The van der Waals surface area contributed by atoms with Crippen LogP contribution in [-0.2, 0) is 11.2 Å². The minimum absolute atomic E-state index is 0.0901. The Bertz CT molecular complexity index is 1170. The predicted octanol–water partition coefficient (Wildman–Crippen LogP) is 5.93. The summed E-state index contributed by atoms with van der Waals surface area (Å²) < 4.78 is 5.38. The van der Waals surface area contributed by atoms with Gasteiger partial charge in [-0.3, -0.25) is 9.59 Å². The lowest BCUT2D eigenvalue weighted by atomic mass is 10.2. The van der Waals surface area contributed by atoms with E-state index in [1.165, 1.54) is 11.3 Å². The standard InChI is InChI=1S/C22H15ClN2O3S2/c23-18-5-2-1-4-17(18)21(27)24-14-7-9-16(10-8-14)28-20(26)12-15-13-30-22(25-15)19-6-3-11-29-19/h1-11,13H,12H2,(H,24,27). The highest BCUT2D eigenvalue weighted by Crippen LogP contribution is 2.28. The van der Waals surface area contributed by atoms with Crippen LogP contribution in [0.15, 0.2) is 71.4 Å². The van der Waals surface area contributed by atoms with Gasteiger partial charge in [-0.25, -0.2) is 4.98 Å². The number of carbonyl (C=O) groups excluding carboxylic acids is 2. The van der Waals surface area contributed by atoms with E-state index in [2.05, 4.69) is 10.3 Å². The molecule has 0 fully saturated rings. The first-order chi connectivity index (χ1) is 14.6. The molecule has 0 aliphatic heterocycles. The number of esters is 1. The third-order valence-electron chi connectivity index (χ3n) is 4.07. The molecule has 0 aliphatic rings. The van der Waals surface area contributed by atoms with Crippen molar-refractivity contribution in [2.45, 2.75) is 6.42 Å². The van der Waals surface area contributed by atoms with Crippen LogP contribution in [0.25, 0.3) is 9.88 Å². The molecule has 30 heavy (non-hydrogen) atoms. The first-order valence-electron chi connectivity index (χ1n) is 8.93. The van der Waals surface area contributed by atoms with Crippen LogP contribution in [0, 0.1) is 0 Å². The summed E-state index contributed by atoms with van der Waals surface area (Å²) in [6.07, 6.45) is 0.0901. The van der Waals surface area contributed by atoms with Gasteiger partial charge >= 0.3 is 5.97 Å². The Balaban J connectivity index is 1.33. The highest BCUT2D eigenvalue weighted by Gasteiger charge is 2.13. The fraction of sp³-hybridized carbons (Fsp3) is 0.0455. The number of hydrogen-bond donors (Lipinski definition) is 1. The lowest BCUT2D eigenvalue weighted by molar-refractivity contribution is -0.133.